The first-order valence-corrected chi connectivity index (χ1v) is 8.00. The molecule has 1 N–H and O–H groups in total. The second-order valence-electron chi connectivity index (χ2n) is 6.78. The van der Waals surface area contributed by atoms with Crippen LogP contribution in [-0.4, -0.2) is 17.5 Å². The van der Waals surface area contributed by atoms with E-state index in [4.69, 9.17) is 4.42 Å². The molecule has 0 aliphatic heterocycles. The smallest absolute Gasteiger partial charge is 0.387 e. The highest BCUT2D eigenvalue weighted by Crippen LogP contribution is 2.28. The summed E-state index contributed by atoms with van der Waals surface area (Å²) in [6.07, 6.45) is 0. The van der Waals surface area contributed by atoms with Gasteiger partial charge in [-0.05, 0) is 30.3 Å². The fourth-order valence-corrected chi connectivity index (χ4v) is 2.38. The highest BCUT2D eigenvalue weighted by atomic mass is 19.3. The Bertz CT molecular complexity index is 945. The number of alkyl halides is 2. The van der Waals surface area contributed by atoms with Gasteiger partial charge in [0.2, 0.25) is 5.89 Å². The molecule has 1 aromatic heterocycles. The Balaban J connectivity index is 1.86. The van der Waals surface area contributed by atoms with E-state index in [0.717, 1.165) is 0 Å². The molecule has 0 spiro atoms. The van der Waals surface area contributed by atoms with Crippen LogP contribution in [0.3, 0.4) is 0 Å². The van der Waals surface area contributed by atoms with Gasteiger partial charge in [-0.3, -0.25) is 4.79 Å². The van der Waals surface area contributed by atoms with Crippen molar-refractivity contribution < 1.29 is 22.7 Å². The summed E-state index contributed by atoms with van der Waals surface area (Å²) in [6.45, 7) is 2.95. The minimum Gasteiger partial charge on any atom is -0.440 e. The number of nitrogens with zero attached hydrogens (tertiary/aromatic N) is 1. The first-order chi connectivity index (χ1) is 12.2. The Morgan fingerprint density at radius 3 is 2.62 bits per heavy atom. The summed E-state index contributed by atoms with van der Waals surface area (Å²) in [5.41, 5.74) is 1.46. The highest BCUT2D eigenvalue weighted by molar-refractivity contribution is 6.06. The predicted molar refractivity (Wildman–Crippen MR) is 93.7 cm³/mol. The number of nitrogens with one attached hydrogen (secondary N) is 1. The molecule has 136 valence electrons. The quantitative estimate of drug-likeness (QED) is 0.713. The lowest BCUT2D eigenvalue weighted by Gasteiger charge is -2.11. The molecule has 0 bridgehead atoms. The van der Waals surface area contributed by atoms with Gasteiger partial charge < -0.3 is 14.5 Å². The molecule has 3 aromatic rings. The first-order valence-electron chi connectivity index (χ1n) is 8.00. The van der Waals surface area contributed by atoms with Crippen LogP contribution in [-0.2, 0) is 5.41 Å². The molecule has 26 heavy (non-hydrogen) atoms. The highest BCUT2D eigenvalue weighted by Gasteiger charge is 2.21. The summed E-state index contributed by atoms with van der Waals surface area (Å²) in [4.78, 5) is 16.9. The number of hydrogen-bond acceptors (Lipinski definition) is 4. The van der Waals surface area contributed by atoms with Gasteiger partial charge in [-0.15, -0.1) is 0 Å². The molecule has 0 unspecified atom stereocenters. The van der Waals surface area contributed by atoms with Gasteiger partial charge in [-0.2, -0.15) is 8.78 Å². The van der Waals surface area contributed by atoms with E-state index in [2.05, 4.69) is 15.0 Å². The maximum atomic E-state index is 12.5. The van der Waals surface area contributed by atoms with Gasteiger partial charge in [0.05, 0.1) is 5.56 Å². The summed E-state index contributed by atoms with van der Waals surface area (Å²) in [5, 5.41) is 2.67. The summed E-state index contributed by atoms with van der Waals surface area (Å²) in [6, 6.07) is 10.9. The van der Waals surface area contributed by atoms with E-state index >= 15 is 0 Å². The van der Waals surface area contributed by atoms with E-state index in [1.807, 2.05) is 20.8 Å². The number of benzene rings is 2. The Labute approximate surface area is 149 Å². The maximum absolute atomic E-state index is 12.5. The average Bonchev–Trinajstić information content (AvgIpc) is 2.98. The summed E-state index contributed by atoms with van der Waals surface area (Å²) >= 11 is 0. The third-order valence-electron chi connectivity index (χ3n) is 3.63. The zero-order valence-corrected chi connectivity index (χ0v) is 14.5. The van der Waals surface area contributed by atoms with Gasteiger partial charge in [0.15, 0.2) is 5.58 Å². The number of amides is 1. The summed E-state index contributed by atoms with van der Waals surface area (Å²) in [7, 11) is 0. The van der Waals surface area contributed by atoms with E-state index in [1.54, 1.807) is 24.3 Å². The monoisotopic (exact) mass is 360 g/mol. The van der Waals surface area contributed by atoms with E-state index in [1.165, 1.54) is 18.2 Å². The van der Waals surface area contributed by atoms with Crippen LogP contribution in [0, 0.1) is 0 Å². The van der Waals surface area contributed by atoms with Crippen molar-refractivity contribution in [2.75, 3.05) is 5.32 Å². The number of carbonyl (C=O) groups is 1. The molecular weight excluding hydrogens is 342 g/mol. The van der Waals surface area contributed by atoms with Crippen LogP contribution >= 0.6 is 0 Å². The zero-order chi connectivity index (χ0) is 18.9. The normalized spacial score (nSPS) is 11.8. The SMILES string of the molecule is CC(C)(C)c1nc2cc(NC(=O)c3ccccc3OC(F)F)ccc2o1. The minimum absolute atomic E-state index is 0.0171. The van der Waals surface area contributed by atoms with E-state index < -0.39 is 12.5 Å². The van der Waals surface area contributed by atoms with Crippen LogP contribution in [0.4, 0.5) is 14.5 Å². The molecular formula is C19H18F2N2O3. The number of oxazole rings is 1. The fourth-order valence-electron chi connectivity index (χ4n) is 2.38. The summed E-state index contributed by atoms with van der Waals surface area (Å²) in [5.74, 6) is -0.149. The van der Waals surface area contributed by atoms with E-state index in [-0.39, 0.29) is 16.7 Å². The molecule has 7 heteroatoms. The number of para-hydroxylation sites is 1. The van der Waals surface area contributed by atoms with Gasteiger partial charge in [0, 0.05) is 11.1 Å². The predicted octanol–water partition coefficient (Wildman–Crippen LogP) is 4.98. The fraction of sp³-hybridized carbons (Fsp3) is 0.263. The Morgan fingerprint density at radius 1 is 1.19 bits per heavy atom. The molecule has 0 aliphatic carbocycles. The third-order valence-corrected chi connectivity index (χ3v) is 3.63. The molecule has 0 fully saturated rings. The van der Waals surface area contributed by atoms with Crippen molar-refractivity contribution in [2.24, 2.45) is 0 Å². The lowest BCUT2D eigenvalue weighted by Crippen LogP contribution is -2.14. The Kier molecular flexibility index (Phi) is 4.63. The molecule has 5 nitrogen and oxygen atoms in total. The zero-order valence-electron chi connectivity index (χ0n) is 14.5. The van der Waals surface area contributed by atoms with Gasteiger partial charge in [-0.25, -0.2) is 4.98 Å². The maximum Gasteiger partial charge on any atom is 0.387 e. The van der Waals surface area contributed by atoms with E-state index in [0.29, 0.717) is 22.7 Å². The lowest BCUT2D eigenvalue weighted by atomic mass is 9.97. The molecule has 3 rings (SSSR count). The largest absolute Gasteiger partial charge is 0.440 e. The van der Waals surface area contributed by atoms with Crippen LogP contribution in [0.25, 0.3) is 11.1 Å². The second-order valence-corrected chi connectivity index (χ2v) is 6.78. The molecule has 0 aliphatic rings. The number of ether oxygens (including phenoxy) is 1. The van der Waals surface area contributed by atoms with Crippen LogP contribution in [0.1, 0.15) is 37.0 Å². The van der Waals surface area contributed by atoms with Crippen LogP contribution in [0.15, 0.2) is 46.9 Å². The van der Waals surface area contributed by atoms with Gasteiger partial charge >= 0.3 is 6.61 Å². The van der Waals surface area contributed by atoms with Gasteiger partial charge in [-0.1, -0.05) is 32.9 Å². The molecule has 1 heterocycles. The van der Waals surface area contributed by atoms with Crippen LogP contribution in [0.2, 0.25) is 0 Å². The molecule has 2 aromatic carbocycles. The Hall–Kier alpha value is -2.96. The van der Waals surface area contributed by atoms with Gasteiger partial charge in [0.25, 0.3) is 5.91 Å². The van der Waals surface area contributed by atoms with Crippen molar-refractivity contribution >= 4 is 22.7 Å². The second kappa shape index (κ2) is 6.74. The van der Waals surface area contributed by atoms with Crippen LogP contribution in [0.5, 0.6) is 5.75 Å². The number of aromatic nitrogens is 1. The number of carbonyl (C=O) groups excluding carboxylic acids is 1. The van der Waals surface area contributed by atoms with Crippen molar-refractivity contribution in [1.29, 1.82) is 0 Å². The molecule has 0 saturated carbocycles. The molecule has 0 radical (unpaired) electrons. The third kappa shape index (κ3) is 3.82. The van der Waals surface area contributed by atoms with Crippen molar-refractivity contribution in [3.05, 3.63) is 53.9 Å². The number of fused-ring (bicyclic) bond motifs is 1. The van der Waals surface area contributed by atoms with Crippen molar-refractivity contribution in [3.8, 4) is 5.75 Å². The molecule has 0 atom stereocenters. The number of rotatable bonds is 4. The summed E-state index contributed by atoms with van der Waals surface area (Å²) < 4.78 is 35.1. The topological polar surface area (TPSA) is 64.4 Å². The average molecular weight is 360 g/mol. The number of anilines is 1. The van der Waals surface area contributed by atoms with E-state index in [9.17, 15) is 13.6 Å². The number of halogens is 2. The molecule has 1 amide bonds. The number of hydrogen-bond donors (Lipinski definition) is 1. The van der Waals surface area contributed by atoms with Gasteiger partial charge in [0.1, 0.15) is 11.3 Å². The van der Waals surface area contributed by atoms with Crippen molar-refractivity contribution in [2.45, 2.75) is 32.8 Å². The van der Waals surface area contributed by atoms with Crippen molar-refractivity contribution in [3.63, 3.8) is 0 Å². The minimum atomic E-state index is -3.01. The lowest BCUT2D eigenvalue weighted by molar-refractivity contribution is -0.0501. The Morgan fingerprint density at radius 2 is 1.92 bits per heavy atom. The standard InChI is InChI=1S/C19H18F2N2O3/c1-19(2,3)17-23-13-10-11(8-9-15(13)25-17)22-16(24)12-6-4-5-7-14(12)26-18(20)21/h4-10,18H,1-3H3,(H,22,24). The molecule has 0 saturated heterocycles. The first kappa shape index (κ1) is 17.8. The van der Waals surface area contributed by atoms with Crippen LogP contribution < -0.4 is 10.1 Å². The van der Waals surface area contributed by atoms with Crippen molar-refractivity contribution in [1.82, 2.24) is 4.98 Å².